The molecule has 1 aliphatic heterocycles. The highest BCUT2D eigenvalue weighted by Crippen LogP contribution is 2.16. The third-order valence-corrected chi connectivity index (χ3v) is 3.66. The molecule has 1 aliphatic rings. The predicted octanol–water partition coefficient (Wildman–Crippen LogP) is 0.373. The van der Waals surface area contributed by atoms with E-state index in [1.54, 1.807) is 6.20 Å². The summed E-state index contributed by atoms with van der Waals surface area (Å²) in [6, 6.07) is 0. The first-order valence-corrected chi connectivity index (χ1v) is 6.91. The lowest BCUT2D eigenvalue weighted by Gasteiger charge is -2.10. The molecule has 1 saturated heterocycles. The summed E-state index contributed by atoms with van der Waals surface area (Å²) in [5.41, 5.74) is 2.98. The van der Waals surface area contributed by atoms with E-state index < -0.39 is 0 Å². The third-order valence-electron chi connectivity index (χ3n) is 3.66. The van der Waals surface area contributed by atoms with E-state index in [0.29, 0.717) is 19.7 Å². The lowest BCUT2D eigenvalue weighted by Crippen LogP contribution is -2.36. The van der Waals surface area contributed by atoms with Gasteiger partial charge in [0.05, 0.1) is 18.4 Å². The quantitative estimate of drug-likeness (QED) is 0.876. The number of hydrogen-bond acceptors (Lipinski definition) is 4. The fraction of sp³-hybridized carbons (Fsp3) is 0.615. The van der Waals surface area contributed by atoms with Crippen LogP contribution in [0.3, 0.4) is 0 Å². The van der Waals surface area contributed by atoms with Crippen LogP contribution in [-0.4, -0.2) is 44.7 Å². The van der Waals surface area contributed by atoms with Gasteiger partial charge in [0.25, 0.3) is 0 Å². The van der Waals surface area contributed by atoms with E-state index in [1.807, 2.05) is 23.3 Å². The Morgan fingerprint density at radius 1 is 1.60 bits per heavy atom. The molecule has 0 unspecified atom stereocenters. The number of aryl methyl sites for hydroxylation is 2. The van der Waals surface area contributed by atoms with Crippen molar-refractivity contribution >= 4 is 16.9 Å². The number of nitrogens with one attached hydrogen (secondary N) is 1. The topological polar surface area (TPSA) is 74.0 Å². The lowest BCUT2D eigenvalue weighted by atomic mass is 10.2. The van der Waals surface area contributed by atoms with Gasteiger partial charge in [0.2, 0.25) is 5.91 Å². The van der Waals surface area contributed by atoms with Crippen molar-refractivity contribution in [2.75, 3.05) is 13.2 Å². The Hall–Kier alpha value is -1.89. The number of nitrogens with zero attached hydrogens (tertiary/aromatic N) is 4. The van der Waals surface area contributed by atoms with E-state index in [9.17, 15) is 4.79 Å². The van der Waals surface area contributed by atoms with Crippen LogP contribution < -0.4 is 5.32 Å². The van der Waals surface area contributed by atoms with Crippen LogP contribution in [-0.2, 0) is 23.1 Å². The number of ether oxygens (including phenoxy) is 1. The van der Waals surface area contributed by atoms with E-state index in [1.165, 1.54) is 0 Å². The molecule has 0 spiro atoms. The van der Waals surface area contributed by atoms with E-state index in [-0.39, 0.29) is 12.0 Å². The Morgan fingerprint density at radius 3 is 3.20 bits per heavy atom. The molecule has 0 radical (unpaired) electrons. The summed E-state index contributed by atoms with van der Waals surface area (Å²) in [5.74, 6) is -0.0196. The molecule has 2 aromatic rings. The van der Waals surface area contributed by atoms with Crippen LogP contribution in [0.15, 0.2) is 6.20 Å². The first-order valence-electron chi connectivity index (χ1n) is 6.91. The second kappa shape index (κ2) is 5.24. The van der Waals surface area contributed by atoms with Crippen LogP contribution in [0.5, 0.6) is 0 Å². The minimum atomic E-state index is -0.271. The summed E-state index contributed by atoms with van der Waals surface area (Å²) in [5, 5.41) is 11.6. The average Bonchev–Trinajstić information content (AvgIpc) is 3.11. The van der Waals surface area contributed by atoms with Crippen LogP contribution in [0.25, 0.3) is 11.0 Å². The summed E-state index contributed by atoms with van der Waals surface area (Å²) >= 11 is 0. The number of aromatic nitrogens is 4. The molecule has 0 aliphatic carbocycles. The molecule has 7 heteroatoms. The van der Waals surface area contributed by atoms with E-state index in [0.717, 1.165) is 29.6 Å². The fourth-order valence-corrected chi connectivity index (χ4v) is 2.66. The average molecular weight is 277 g/mol. The monoisotopic (exact) mass is 277 g/mol. The Kier molecular flexibility index (Phi) is 3.43. The van der Waals surface area contributed by atoms with Crippen molar-refractivity contribution in [2.45, 2.75) is 32.4 Å². The minimum Gasteiger partial charge on any atom is -0.368 e. The lowest BCUT2D eigenvalue weighted by molar-refractivity contribution is -0.130. The fourth-order valence-electron chi connectivity index (χ4n) is 2.66. The Morgan fingerprint density at radius 2 is 2.45 bits per heavy atom. The molecule has 1 amide bonds. The van der Waals surface area contributed by atoms with Crippen LogP contribution in [0.2, 0.25) is 0 Å². The van der Waals surface area contributed by atoms with Crippen LogP contribution in [0, 0.1) is 6.92 Å². The summed E-state index contributed by atoms with van der Waals surface area (Å²) < 4.78 is 9.05. The maximum Gasteiger partial charge on any atom is 0.249 e. The van der Waals surface area contributed by atoms with E-state index in [2.05, 4.69) is 15.5 Å². The van der Waals surface area contributed by atoms with Crippen LogP contribution in [0.4, 0.5) is 0 Å². The molecule has 1 fully saturated rings. The maximum atomic E-state index is 11.8. The SMILES string of the molecule is Cc1nn(C)c2cnn(CCNC(=O)[C@H]3CCCO3)c12. The Bertz CT molecular complexity index is 624. The van der Waals surface area contributed by atoms with Crippen molar-refractivity contribution in [1.29, 1.82) is 0 Å². The molecule has 3 heterocycles. The third kappa shape index (κ3) is 2.29. The Labute approximate surface area is 116 Å². The molecule has 3 rings (SSSR count). The van der Waals surface area contributed by atoms with Crippen molar-refractivity contribution in [1.82, 2.24) is 24.9 Å². The molecule has 1 atom stereocenters. The number of rotatable bonds is 4. The first kappa shape index (κ1) is 13.1. The number of carbonyl (C=O) groups is 1. The molecule has 20 heavy (non-hydrogen) atoms. The molecule has 108 valence electrons. The van der Waals surface area contributed by atoms with Gasteiger partial charge < -0.3 is 10.1 Å². The van der Waals surface area contributed by atoms with Crippen molar-refractivity contribution < 1.29 is 9.53 Å². The van der Waals surface area contributed by atoms with Gasteiger partial charge in [0, 0.05) is 20.2 Å². The summed E-state index contributed by atoms with van der Waals surface area (Å²) in [6.45, 7) is 3.83. The minimum absolute atomic E-state index is 0.0196. The zero-order chi connectivity index (χ0) is 14.1. The largest absolute Gasteiger partial charge is 0.368 e. The van der Waals surface area contributed by atoms with E-state index in [4.69, 9.17) is 4.74 Å². The first-order chi connectivity index (χ1) is 9.66. The summed E-state index contributed by atoms with van der Waals surface area (Å²) in [7, 11) is 1.90. The molecule has 0 bridgehead atoms. The van der Waals surface area contributed by atoms with Crippen molar-refractivity contribution in [3.8, 4) is 0 Å². The second-order valence-electron chi connectivity index (χ2n) is 5.10. The molecule has 0 aromatic carbocycles. The van der Waals surface area contributed by atoms with Gasteiger partial charge in [-0.05, 0) is 19.8 Å². The van der Waals surface area contributed by atoms with Crippen LogP contribution in [0.1, 0.15) is 18.5 Å². The standard InChI is InChI=1S/C13H19N5O2/c1-9-12-10(17(2)16-9)8-15-18(12)6-5-14-13(19)11-4-3-7-20-11/h8,11H,3-7H2,1-2H3,(H,14,19)/t11-/m1/s1. The highest BCUT2D eigenvalue weighted by molar-refractivity contribution is 5.81. The van der Waals surface area contributed by atoms with Gasteiger partial charge in [-0.1, -0.05) is 0 Å². The highest BCUT2D eigenvalue weighted by Gasteiger charge is 2.23. The zero-order valence-electron chi connectivity index (χ0n) is 11.8. The van der Waals surface area contributed by atoms with Gasteiger partial charge >= 0.3 is 0 Å². The van der Waals surface area contributed by atoms with E-state index >= 15 is 0 Å². The number of hydrogen-bond donors (Lipinski definition) is 1. The van der Waals surface area contributed by atoms with Crippen molar-refractivity contribution in [3.05, 3.63) is 11.9 Å². The normalized spacial score (nSPS) is 18.8. The zero-order valence-corrected chi connectivity index (χ0v) is 11.8. The number of amides is 1. The van der Waals surface area contributed by atoms with Gasteiger partial charge in [-0.15, -0.1) is 0 Å². The second-order valence-corrected chi connectivity index (χ2v) is 5.10. The van der Waals surface area contributed by atoms with Gasteiger partial charge in [-0.25, -0.2) is 0 Å². The Balaban J connectivity index is 1.61. The highest BCUT2D eigenvalue weighted by atomic mass is 16.5. The summed E-state index contributed by atoms with van der Waals surface area (Å²) in [4.78, 5) is 11.8. The van der Waals surface area contributed by atoms with Gasteiger partial charge in [-0.3, -0.25) is 14.2 Å². The van der Waals surface area contributed by atoms with Crippen LogP contribution >= 0.6 is 0 Å². The molecule has 1 N–H and O–H groups in total. The smallest absolute Gasteiger partial charge is 0.249 e. The number of fused-ring (bicyclic) bond motifs is 1. The van der Waals surface area contributed by atoms with Gasteiger partial charge in [-0.2, -0.15) is 10.2 Å². The molecular weight excluding hydrogens is 258 g/mol. The number of carbonyl (C=O) groups excluding carboxylic acids is 1. The van der Waals surface area contributed by atoms with Crippen molar-refractivity contribution in [2.24, 2.45) is 7.05 Å². The van der Waals surface area contributed by atoms with Crippen molar-refractivity contribution in [3.63, 3.8) is 0 Å². The molecular formula is C13H19N5O2. The molecule has 2 aromatic heterocycles. The summed E-state index contributed by atoms with van der Waals surface area (Å²) in [6.07, 6.45) is 3.32. The van der Waals surface area contributed by atoms with Gasteiger partial charge in [0.1, 0.15) is 17.1 Å². The van der Waals surface area contributed by atoms with Gasteiger partial charge in [0.15, 0.2) is 0 Å². The molecule has 0 saturated carbocycles. The maximum absolute atomic E-state index is 11.8. The predicted molar refractivity (Wildman–Crippen MR) is 73.2 cm³/mol. The molecule has 7 nitrogen and oxygen atoms in total.